The quantitative estimate of drug-likeness (QED) is 0.839. The molecule has 1 saturated carbocycles. The van der Waals surface area contributed by atoms with Crippen LogP contribution < -0.4 is 5.32 Å². The second-order valence-electron chi connectivity index (χ2n) is 6.92. The lowest BCUT2D eigenvalue weighted by Crippen LogP contribution is -2.39. The molecule has 0 aromatic carbocycles. The average molecular weight is 345 g/mol. The van der Waals surface area contributed by atoms with Crippen LogP contribution in [-0.2, 0) is 17.8 Å². The van der Waals surface area contributed by atoms with E-state index in [4.69, 9.17) is 0 Å². The molecule has 6 nitrogen and oxygen atoms in total. The van der Waals surface area contributed by atoms with Crippen molar-refractivity contribution in [3.05, 3.63) is 34.5 Å². The zero-order chi connectivity index (χ0) is 16.4. The maximum atomic E-state index is 12.9. The van der Waals surface area contributed by atoms with Gasteiger partial charge in [0.1, 0.15) is 12.2 Å². The Kier molecular flexibility index (Phi) is 4.37. The molecule has 1 aliphatic carbocycles. The molecule has 2 aliphatic rings. The zero-order valence-electron chi connectivity index (χ0n) is 13.7. The zero-order valence-corrected chi connectivity index (χ0v) is 14.5. The van der Waals surface area contributed by atoms with Gasteiger partial charge in [0.05, 0.1) is 0 Å². The summed E-state index contributed by atoms with van der Waals surface area (Å²) in [7, 11) is 0. The normalized spacial score (nSPS) is 21.8. The van der Waals surface area contributed by atoms with Crippen LogP contribution in [0.5, 0.6) is 0 Å². The Morgan fingerprint density at radius 1 is 1.42 bits per heavy atom. The van der Waals surface area contributed by atoms with E-state index in [1.807, 2.05) is 0 Å². The van der Waals surface area contributed by atoms with Gasteiger partial charge >= 0.3 is 0 Å². The number of hydrogen-bond acceptors (Lipinski definition) is 5. The Balaban J connectivity index is 1.44. The number of aryl methyl sites for hydroxylation is 1. The first kappa shape index (κ1) is 15.8. The van der Waals surface area contributed by atoms with Crippen molar-refractivity contribution in [1.82, 2.24) is 25.4 Å². The molecule has 1 unspecified atom stereocenters. The molecular formula is C17H23N5OS. The minimum atomic E-state index is 0.234. The van der Waals surface area contributed by atoms with E-state index >= 15 is 0 Å². The van der Waals surface area contributed by atoms with Gasteiger partial charge in [-0.2, -0.15) is 16.4 Å². The van der Waals surface area contributed by atoms with E-state index in [0.29, 0.717) is 24.3 Å². The number of nitrogens with one attached hydrogen (secondary N) is 2. The van der Waals surface area contributed by atoms with Gasteiger partial charge in [0.2, 0.25) is 5.91 Å². The fourth-order valence-corrected chi connectivity index (χ4v) is 4.56. The van der Waals surface area contributed by atoms with Crippen molar-refractivity contribution in [3.8, 4) is 0 Å². The number of hydrogen-bond donors (Lipinski definition) is 2. The molecule has 24 heavy (non-hydrogen) atoms. The number of rotatable bonds is 6. The summed E-state index contributed by atoms with van der Waals surface area (Å²) in [6.07, 6.45) is 6.14. The van der Waals surface area contributed by atoms with Crippen molar-refractivity contribution in [2.75, 3.05) is 13.1 Å². The van der Waals surface area contributed by atoms with Gasteiger partial charge in [0.15, 0.2) is 0 Å². The summed E-state index contributed by atoms with van der Waals surface area (Å²) in [6.45, 7) is 2.89. The van der Waals surface area contributed by atoms with E-state index in [0.717, 1.165) is 31.9 Å². The van der Waals surface area contributed by atoms with Gasteiger partial charge in [-0.15, -0.1) is 0 Å². The van der Waals surface area contributed by atoms with Crippen LogP contribution in [0.4, 0.5) is 0 Å². The molecule has 1 amide bonds. The van der Waals surface area contributed by atoms with E-state index in [1.54, 1.807) is 11.3 Å². The molecule has 1 aliphatic heterocycles. The predicted octanol–water partition coefficient (Wildman–Crippen LogP) is 1.97. The van der Waals surface area contributed by atoms with Crippen LogP contribution >= 0.6 is 11.3 Å². The van der Waals surface area contributed by atoms with Crippen LogP contribution in [0.3, 0.4) is 0 Å². The summed E-state index contributed by atoms with van der Waals surface area (Å²) in [5, 5.41) is 14.4. The van der Waals surface area contributed by atoms with E-state index in [1.165, 1.54) is 24.7 Å². The minimum Gasteiger partial charge on any atom is -0.335 e. The van der Waals surface area contributed by atoms with Crippen LogP contribution in [0.25, 0.3) is 0 Å². The fourth-order valence-electron chi connectivity index (χ4n) is 3.90. The monoisotopic (exact) mass is 345 g/mol. The lowest BCUT2D eigenvalue weighted by molar-refractivity contribution is -0.133. The Labute approximate surface area is 145 Å². The highest BCUT2D eigenvalue weighted by atomic mass is 32.1. The first-order chi connectivity index (χ1) is 11.8. The number of piperidine rings is 1. The van der Waals surface area contributed by atoms with Crippen LogP contribution in [0.15, 0.2) is 23.2 Å². The van der Waals surface area contributed by atoms with Crippen molar-refractivity contribution in [2.45, 2.75) is 44.7 Å². The molecule has 7 heteroatoms. The van der Waals surface area contributed by atoms with E-state index < -0.39 is 0 Å². The van der Waals surface area contributed by atoms with Crippen molar-refractivity contribution in [3.63, 3.8) is 0 Å². The van der Waals surface area contributed by atoms with E-state index in [9.17, 15) is 4.79 Å². The molecule has 2 N–H and O–H groups in total. The summed E-state index contributed by atoms with van der Waals surface area (Å²) in [4.78, 5) is 19.2. The number of amides is 1. The summed E-state index contributed by atoms with van der Waals surface area (Å²) in [5.41, 5.74) is 1.60. The average Bonchev–Trinajstić information content (AvgIpc) is 3.06. The second-order valence-corrected chi connectivity index (χ2v) is 7.70. The number of nitrogens with zero attached hydrogens (tertiary/aromatic N) is 3. The third-order valence-corrected chi connectivity index (χ3v) is 6.15. The molecule has 1 atom stereocenters. The predicted molar refractivity (Wildman–Crippen MR) is 92.5 cm³/mol. The topological polar surface area (TPSA) is 73.9 Å². The Bertz CT molecular complexity index is 663. The van der Waals surface area contributed by atoms with Gasteiger partial charge in [-0.25, -0.2) is 4.98 Å². The number of carbonyl (C=O) groups excluding carboxylic acids is 1. The molecule has 0 bridgehead atoms. The highest BCUT2D eigenvalue weighted by Gasteiger charge is 2.57. The van der Waals surface area contributed by atoms with Crippen molar-refractivity contribution < 1.29 is 4.79 Å². The van der Waals surface area contributed by atoms with E-state index in [-0.39, 0.29) is 5.91 Å². The van der Waals surface area contributed by atoms with Gasteiger partial charge in [-0.1, -0.05) is 0 Å². The molecule has 2 aromatic heterocycles. The van der Waals surface area contributed by atoms with Gasteiger partial charge in [0, 0.05) is 25.4 Å². The third-order valence-electron chi connectivity index (χ3n) is 5.42. The Morgan fingerprint density at radius 3 is 3.00 bits per heavy atom. The molecule has 128 valence electrons. The summed E-state index contributed by atoms with van der Waals surface area (Å²) < 4.78 is 0. The molecule has 2 aromatic rings. The van der Waals surface area contributed by atoms with Crippen molar-refractivity contribution >= 4 is 17.2 Å². The lowest BCUT2D eigenvalue weighted by Gasteiger charge is -2.29. The Morgan fingerprint density at radius 2 is 2.29 bits per heavy atom. The largest absolute Gasteiger partial charge is 0.335 e. The van der Waals surface area contributed by atoms with Gasteiger partial charge in [-0.05, 0) is 60.2 Å². The van der Waals surface area contributed by atoms with E-state index in [2.05, 4.69) is 42.2 Å². The summed E-state index contributed by atoms with van der Waals surface area (Å²) in [6, 6.07) is 2.53. The summed E-state index contributed by atoms with van der Waals surface area (Å²) in [5.74, 6) is 1.02. The molecule has 4 rings (SSSR count). The maximum Gasteiger partial charge on any atom is 0.223 e. The fraction of sp³-hybridized carbons (Fsp3) is 0.588. The van der Waals surface area contributed by atoms with Crippen LogP contribution in [-0.4, -0.2) is 45.1 Å². The molecule has 1 spiro atoms. The molecule has 0 radical (unpaired) electrons. The standard InChI is InChI=1S/C17H23N5OS/c23-16(2-1-15-19-12-20-21-15)22(10-13-3-8-24-11-13)14-9-17(14)4-6-18-7-5-17/h3,8,11-12,14,18H,1-2,4-7,9-10H2,(H,19,20,21). The summed E-state index contributed by atoms with van der Waals surface area (Å²) >= 11 is 1.69. The smallest absolute Gasteiger partial charge is 0.223 e. The third kappa shape index (κ3) is 3.23. The van der Waals surface area contributed by atoms with Crippen LogP contribution in [0, 0.1) is 5.41 Å². The van der Waals surface area contributed by atoms with Gasteiger partial charge in [0.25, 0.3) is 0 Å². The van der Waals surface area contributed by atoms with Crippen molar-refractivity contribution in [2.24, 2.45) is 5.41 Å². The first-order valence-corrected chi connectivity index (χ1v) is 9.57. The van der Waals surface area contributed by atoms with Crippen LogP contribution in [0.1, 0.15) is 37.1 Å². The minimum absolute atomic E-state index is 0.234. The SMILES string of the molecule is O=C(CCc1ncn[nH]1)N(Cc1ccsc1)C1CC12CCNCC2. The number of carbonyl (C=O) groups is 1. The lowest BCUT2D eigenvalue weighted by atomic mass is 9.93. The Hall–Kier alpha value is -1.73. The van der Waals surface area contributed by atoms with Crippen molar-refractivity contribution in [1.29, 1.82) is 0 Å². The second kappa shape index (κ2) is 6.64. The number of aromatic nitrogens is 3. The number of aromatic amines is 1. The molecule has 1 saturated heterocycles. The van der Waals surface area contributed by atoms with Crippen LogP contribution in [0.2, 0.25) is 0 Å². The molecular weight excluding hydrogens is 322 g/mol. The van der Waals surface area contributed by atoms with Gasteiger partial charge in [-0.3, -0.25) is 9.89 Å². The molecule has 3 heterocycles. The number of thiophene rings is 1. The molecule has 2 fully saturated rings. The highest BCUT2D eigenvalue weighted by Crippen LogP contribution is 2.56. The number of H-pyrrole nitrogens is 1. The maximum absolute atomic E-state index is 12.9. The highest BCUT2D eigenvalue weighted by molar-refractivity contribution is 7.07. The first-order valence-electron chi connectivity index (χ1n) is 8.62. The van der Waals surface area contributed by atoms with Gasteiger partial charge < -0.3 is 10.2 Å².